The van der Waals surface area contributed by atoms with E-state index in [0.717, 1.165) is 12.8 Å². The van der Waals surface area contributed by atoms with Crippen LogP contribution in [-0.2, 0) is 16.2 Å². The van der Waals surface area contributed by atoms with E-state index in [1.165, 1.54) is 7.11 Å². The molecule has 0 spiro atoms. The number of ether oxygens (including phenoxy) is 2. The first-order chi connectivity index (χ1) is 16.4. The summed E-state index contributed by atoms with van der Waals surface area (Å²) in [7, 11) is 1.49. The van der Waals surface area contributed by atoms with Gasteiger partial charge in [-0.1, -0.05) is 6.92 Å². The van der Waals surface area contributed by atoms with Crippen LogP contribution in [0.3, 0.4) is 0 Å². The zero-order valence-electron chi connectivity index (χ0n) is 19.7. The van der Waals surface area contributed by atoms with Gasteiger partial charge in [0.25, 0.3) is 0 Å². The van der Waals surface area contributed by atoms with Gasteiger partial charge in [0.1, 0.15) is 12.2 Å². The summed E-state index contributed by atoms with van der Waals surface area (Å²) in [5, 5.41) is 33.1. The van der Waals surface area contributed by atoms with Gasteiger partial charge < -0.3 is 35.0 Å². The Kier molecular flexibility index (Phi) is 7.45. The van der Waals surface area contributed by atoms with Crippen LogP contribution in [0.4, 0.5) is 0 Å². The van der Waals surface area contributed by atoms with Gasteiger partial charge in [-0.25, -0.2) is 0 Å². The first kappa shape index (κ1) is 24.5. The van der Waals surface area contributed by atoms with Gasteiger partial charge in [-0.05, 0) is 49.0 Å². The molecule has 3 aliphatic rings. The highest BCUT2D eigenvalue weighted by Crippen LogP contribution is 2.51. The average molecular weight is 475 g/mol. The van der Waals surface area contributed by atoms with Crippen molar-refractivity contribution >= 4 is 11.8 Å². The molecule has 4 atom stereocenters. The summed E-state index contributed by atoms with van der Waals surface area (Å²) in [4.78, 5) is 28.0. The predicted octanol–water partition coefficient (Wildman–Crippen LogP) is 0.849. The van der Waals surface area contributed by atoms with Crippen molar-refractivity contribution < 1.29 is 34.4 Å². The fraction of sp³-hybridized carbons (Fsp3) is 0.600. The Morgan fingerprint density at radius 2 is 2.03 bits per heavy atom. The van der Waals surface area contributed by atoms with Crippen LogP contribution in [0.2, 0.25) is 0 Å². The van der Waals surface area contributed by atoms with E-state index < -0.39 is 24.2 Å². The minimum absolute atomic E-state index is 0.0566. The van der Waals surface area contributed by atoms with Gasteiger partial charge in [-0.15, -0.1) is 0 Å². The smallest absolute Gasteiger partial charge is 0.247 e. The van der Waals surface area contributed by atoms with Crippen molar-refractivity contribution in [2.24, 2.45) is 5.92 Å². The Morgan fingerprint density at radius 3 is 2.65 bits per heavy atom. The van der Waals surface area contributed by atoms with Crippen molar-refractivity contribution in [3.05, 3.63) is 34.9 Å². The second-order valence-corrected chi connectivity index (χ2v) is 9.26. The van der Waals surface area contributed by atoms with E-state index in [4.69, 9.17) is 9.47 Å². The van der Waals surface area contributed by atoms with Gasteiger partial charge in [-0.2, -0.15) is 0 Å². The molecule has 1 saturated carbocycles. The zero-order chi connectivity index (χ0) is 24.4. The van der Waals surface area contributed by atoms with E-state index in [1.807, 2.05) is 6.92 Å². The predicted molar refractivity (Wildman–Crippen MR) is 123 cm³/mol. The van der Waals surface area contributed by atoms with E-state index in [-0.39, 0.29) is 31.6 Å². The summed E-state index contributed by atoms with van der Waals surface area (Å²) in [5.74, 6) is 0.179. The highest BCUT2D eigenvalue weighted by atomic mass is 16.5. The molecule has 34 heavy (non-hydrogen) atoms. The molecular weight excluding hydrogens is 440 g/mol. The van der Waals surface area contributed by atoms with Crippen LogP contribution in [-0.4, -0.2) is 77.1 Å². The number of aliphatic hydroxyl groups excluding tert-OH is 3. The number of carbonyl (C=O) groups is 2. The second kappa shape index (κ2) is 10.3. The number of aliphatic hydroxyl groups is 3. The van der Waals surface area contributed by atoms with Gasteiger partial charge >= 0.3 is 0 Å². The van der Waals surface area contributed by atoms with E-state index in [2.05, 4.69) is 5.32 Å². The Morgan fingerprint density at radius 1 is 1.26 bits per heavy atom. The van der Waals surface area contributed by atoms with Crippen molar-refractivity contribution in [3.8, 4) is 11.5 Å². The third kappa shape index (κ3) is 4.64. The Labute approximate surface area is 199 Å². The molecule has 1 aliphatic heterocycles. The Balaban J connectivity index is 1.78. The quantitative estimate of drug-likeness (QED) is 0.396. The summed E-state index contributed by atoms with van der Waals surface area (Å²) in [6, 6.07) is 2.71. The average Bonchev–Trinajstić information content (AvgIpc) is 3.58. The van der Waals surface area contributed by atoms with Crippen LogP contribution < -0.4 is 14.8 Å². The number of rotatable bonds is 10. The van der Waals surface area contributed by atoms with Crippen LogP contribution in [0.25, 0.3) is 0 Å². The SMILES string of the molecule is CCCC(=O)N(CC1CC1)C1C=C(C(=O)NCCO)C2c3cc(CO)cc(OC)c3OC2C1O. The highest BCUT2D eigenvalue weighted by molar-refractivity contribution is 5.96. The molecule has 0 saturated heterocycles. The van der Waals surface area contributed by atoms with Crippen LogP contribution in [0, 0.1) is 5.92 Å². The Hall–Kier alpha value is -2.62. The second-order valence-electron chi connectivity index (χ2n) is 9.26. The monoisotopic (exact) mass is 474 g/mol. The lowest BCUT2D eigenvalue weighted by molar-refractivity contribution is -0.137. The zero-order valence-corrected chi connectivity index (χ0v) is 19.7. The van der Waals surface area contributed by atoms with Gasteiger partial charge in [0, 0.05) is 30.6 Å². The summed E-state index contributed by atoms with van der Waals surface area (Å²) >= 11 is 0. The van der Waals surface area contributed by atoms with E-state index >= 15 is 0 Å². The maximum atomic E-state index is 13.2. The van der Waals surface area contributed by atoms with Crippen molar-refractivity contribution in [1.29, 1.82) is 0 Å². The van der Waals surface area contributed by atoms with Gasteiger partial charge in [-0.3, -0.25) is 9.59 Å². The molecule has 186 valence electrons. The molecule has 4 unspecified atom stereocenters. The molecule has 9 heteroatoms. The molecule has 0 aromatic heterocycles. The highest BCUT2D eigenvalue weighted by Gasteiger charge is 2.51. The molecule has 4 rings (SSSR count). The van der Waals surface area contributed by atoms with Crippen molar-refractivity contribution in [3.63, 3.8) is 0 Å². The lowest BCUT2D eigenvalue weighted by Gasteiger charge is -2.41. The summed E-state index contributed by atoms with van der Waals surface area (Å²) in [6.45, 7) is 2.12. The van der Waals surface area contributed by atoms with Gasteiger partial charge in [0.15, 0.2) is 11.5 Å². The molecule has 2 amide bonds. The summed E-state index contributed by atoms with van der Waals surface area (Å²) < 4.78 is 11.7. The third-order valence-electron chi connectivity index (χ3n) is 6.79. The van der Waals surface area contributed by atoms with Gasteiger partial charge in [0.2, 0.25) is 11.8 Å². The largest absolute Gasteiger partial charge is 0.493 e. The molecule has 1 heterocycles. The number of benzene rings is 1. The molecule has 0 bridgehead atoms. The number of hydrogen-bond donors (Lipinski definition) is 4. The minimum Gasteiger partial charge on any atom is -0.493 e. The first-order valence-electron chi connectivity index (χ1n) is 12.0. The molecule has 2 aliphatic carbocycles. The van der Waals surface area contributed by atoms with Gasteiger partial charge in [0.05, 0.1) is 32.3 Å². The number of nitrogens with one attached hydrogen (secondary N) is 1. The molecular formula is C25H34N2O7. The number of carbonyl (C=O) groups excluding carboxylic acids is 2. The maximum absolute atomic E-state index is 13.2. The molecule has 0 radical (unpaired) electrons. The first-order valence-corrected chi connectivity index (χ1v) is 12.0. The maximum Gasteiger partial charge on any atom is 0.247 e. The number of fused-ring (bicyclic) bond motifs is 3. The lowest BCUT2D eigenvalue weighted by Crippen LogP contribution is -2.56. The van der Waals surface area contributed by atoms with Crippen LogP contribution in [0.1, 0.15) is 49.7 Å². The van der Waals surface area contributed by atoms with E-state index in [0.29, 0.717) is 53.5 Å². The van der Waals surface area contributed by atoms with E-state index in [1.54, 1.807) is 23.1 Å². The Bertz CT molecular complexity index is 959. The van der Waals surface area contributed by atoms with E-state index in [9.17, 15) is 24.9 Å². The fourth-order valence-electron chi connectivity index (χ4n) is 4.94. The number of amides is 2. The van der Waals surface area contributed by atoms with Crippen LogP contribution in [0.5, 0.6) is 11.5 Å². The van der Waals surface area contributed by atoms with Crippen LogP contribution >= 0.6 is 0 Å². The molecule has 4 N–H and O–H groups in total. The van der Waals surface area contributed by atoms with Crippen molar-refractivity contribution in [2.75, 3.05) is 26.8 Å². The molecule has 9 nitrogen and oxygen atoms in total. The number of hydrogen-bond acceptors (Lipinski definition) is 7. The van der Waals surface area contributed by atoms with Crippen LogP contribution in [0.15, 0.2) is 23.8 Å². The number of methoxy groups -OCH3 is 1. The van der Waals surface area contributed by atoms with Crippen molar-refractivity contribution in [2.45, 2.75) is 63.4 Å². The summed E-state index contributed by atoms with van der Waals surface area (Å²) in [5.41, 5.74) is 1.61. The molecule has 1 aromatic rings. The standard InChI is InChI=1S/C25H34N2O7/c1-3-4-20(30)27(12-14-5-6-14)18-11-17(25(32)26-7-8-28)21-16-9-15(13-29)10-19(33-2)23(16)34-24(21)22(18)31/h9-11,14,18,21-22,24,28-29,31H,3-8,12-13H2,1-2H3,(H,26,32). The molecule has 1 fully saturated rings. The fourth-order valence-corrected chi connectivity index (χ4v) is 4.94. The number of nitrogens with zero attached hydrogens (tertiary/aromatic N) is 1. The summed E-state index contributed by atoms with van der Waals surface area (Å²) in [6.07, 6.45) is 2.95. The lowest BCUT2D eigenvalue weighted by atomic mass is 9.77. The topological polar surface area (TPSA) is 129 Å². The van der Waals surface area contributed by atoms with Crippen molar-refractivity contribution in [1.82, 2.24) is 10.2 Å². The third-order valence-corrected chi connectivity index (χ3v) is 6.79. The normalized spacial score (nSPS) is 25.0. The molecule has 1 aromatic carbocycles. The minimum atomic E-state index is -1.06.